The summed E-state index contributed by atoms with van der Waals surface area (Å²) >= 11 is 0. The Kier molecular flexibility index (Phi) is 14.4. The monoisotopic (exact) mass is 545 g/mol. The second-order valence-electron chi connectivity index (χ2n) is 9.44. The number of carbonyl (C=O) groups excluding carboxylic acids is 2. The summed E-state index contributed by atoms with van der Waals surface area (Å²) in [4.78, 5) is 31.0. The summed E-state index contributed by atoms with van der Waals surface area (Å²) in [6.07, 6.45) is 5.86. The molecule has 1 aliphatic heterocycles. The van der Waals surface area contributed by atoms with E-state index in [4.69, 9.17) is 4.74 Å². The van der Waals surface area contributed by atoms with Crippen LogP contribution in [0.1, 0.15) is 58.4 Å². The van der Waals surface area contributed by atoms with E-state index in [1.807, 2.05) is 24.0 Å². The molecule has 0 N–H and O–H groups in total. The van der Waals surface area contributed by atoms with E-state index >= 15 is 0 Å². The van der Waals surface area contributed by atoms with Crippen LogP contribution < -0.4 is 0 Å². The smallest absolute Gasteiger partial charge is 0.409 e. The van der Waals surface area contributed by atoms with Gasteiger partial charge in [-0.05, 0) is 69.8 Å². The number of unbranched alkanes of at least 4 members (excludes halogenated alkanes) is 1. The van der Waals surface area contributed by atoms with Crippen molar-refractivity contribution in [3.8, 4) is 0 Å². The average Bonchev–Trinajstić information content (AvgIpc) is 3.00. The molecule has 1 aliphatic rings. The van der Waals surface area contributed by atoms with Gasteiger partial charge in [-0.15, -0.1) is 12.4 Å². The maximum atomic E-state index is 12.5. The van der Waals surface area contributed by atoms with Crippen molar-refractivity contribution in [1.29, 1.82) is 0 Å². The molecule has 0 saturated carbocycles. The molecule has 36 heavy (non-hydrogen) atoms. The maximum absolute atomic E-state index is 12.5. The van der Waals surface area contributed by atoms with Crippen LogP contribution in [0.2, 0.25) is 0 Å². The van der Waals surface area contributed by atoms with Gasteiger partial charge in [0.15, 0.2) is 9.84 Å². The second kappa shape index (κ2) is 16.1. The molecular weight excluding hydrogens is 502 g/mol. The standard InChI is InChI=1S/C26H43N3O5S.ClH/c1-5-14-27(22(3)21-23-9-11-24(12-10-23)35(4,32)33)15-7-8-16-28-18-19-29(17-13-25(28)30)26(31)34-20-6-2;/h9-12,22H,5-8,13-21H2,1-4H3;1H. The van der Waals surface area contributed by atoms with Gasteiger partial charge in [-0.3, -0.25) is 4.79 Å². The van der Waals surface area contributed by atoms with Crippen LogP contribution in [-0.2, 0) is 25.8 Å². The predicted molar refractivity (Wildman–Crippen MR) is 145 cm³/mol. The van der Waals surface area contributed by atoms with Crippen LogP contribution in [0.4, 0.5) is 4.79 Å². The predicted octanol–water partition coefficient (Wildman–Crippen LogP) is 4.02. The van der Waals surface area contributed by atoms with Gasteiger partial charge in [-0.25, -0.2) is 13.2 Å². The quantitative estimate of drug-likeness (QED) is 0.348. The first-order valence-corrected chi connectivity index (χ1v) is 14.8. The van der Waals surface area contributed by atoms with Crippen LogP contribution in [-0.4, -0.2) is 93.3 Å². The Hall–Kier alpha value is -1.84. The first-order valence-electron chi connectivity index (χ1n) is 12.9. The van der Waals surface area contributed by atoms with Crippen molar-refractivity contribution < 1.29 is 22.7 Å². The van der Waals surface area contributed by atoms with Crippen LogP contribution in [0.15, 0.2) is 29.2 Å². The molecule has 0 radical (unpaired) electrons. The fraction of sp³-hybridized carbons (Fsp3) is 0.692. The summed E-state index contributed by atoms with van der Waals surface area (Å²) in [5, 5.41) is 0. The van der Waals surface area contributed by atoms with E-state index in [0.717, 1.165) is 50.8 Å². The van der Waals surface area contributed by atoms with Gasteiger partial charge in [-0.2, -0.15) is 0 Å². The zero-order chi connectivity index (χ0) is 25.8. The SMILES string of the molecule is CCCOC(=O)N1CCC(=O)N(CCCCN(CCC)C(C)Cc2ccc(S(C)(=O)=O)cc2)CC1.Cl. The third-order valence-electron chi connectivity index (χ3n) is 6.42. The summed E-state index contributed by atoms with van der Waals surface area (Å²) in [5.74, 6) is 0.104. The Morgan fingerprint density at radius 1 is 1.06 bits per heavy atom. The van der Waals surface area contributed by atoms with Crippen LogP contribution >= 0.6 is 12.4 Å². The highest BCUT2D eigenvalue weighted by Gasteiger charge is 2.24. The van der Waals surface area contributed by atoms with Crippen LogP contribution in [0, 0.1) is 0 Å². The van der Waals surface area contributed by atoms with Crippen molar-refractivity contribution in [2.45, 2.75) is 70.2 Å². The lowest BCUT2D eigenvalue weighted by Crippen LogP contribution is -2.38. The minimum absolute atomic E-state index is 0. The van der Waals surface area contributed by atoms with Gasteiger partial charge < -0.3 is 19.4 Å². The van der Waals surface area contributed by atoms with Crippen molar-refractivity contribution in [1.82, 2.24) is 14.7 Å². The Labute approximate surface area is 223 Å². The number of halogens is 1. The van der Waals surface area contributed by atoms with E-state index < -0.39 is 9.84 Å². The Morgan fingerprint density at radius 2 is 1.75 bits per heavy atom. The van der Waals surface area contributed by atoms with E-state index in [0.29, 0.717) is 50.1 Å². The van der Waals surface area contributed by atoms with Gasteiger partial charge in [-0.1, -0.05) is 26.0 Å². The lowest BCUT2D eigenvalue weighted by molar-refractivity contribution is -0.130. The summed E-state index contributed by atoms with van der Waals surface area (Å²) in [6, 6.07) is 7.52. The number of rotatable bonds is 13. The molecule has 2 rings (SSSR count). The molecule has 1 aromatic carbocycles. The summed E-state index contributed by atoms with van der Waals surface area (Å²) in [5.41, 5.74) is 1.13. The molecule has 0 spiro atoms. The Bertz CT molecular complexity index is 911. The van der Waals surface area contributed by atoms with Gasteiger partial charge in [0.05, 0.1) is 11.5 Å². The van der Waals surface area contributed by atoms with E-state index in [9.17, 15) is 18.0 Å². The minimum atomic E-state index is -3.18. The summed E-state index contributed by atoms with van der Waals surface area (Å²) in [7, 11) is -3.18. The first kappa shape index (κ1) is 32.2. The second-order valence-corrected chi connectivity index (χ2v) is 11.5. The van der Waals surface area contributed by atoms with Crippen molar-refractivity contribution in [3.63, 3.8) is 0 Å². The van der Waals surface area contributed by atoms with E-state index in [-0.39, 0.29) is 24.4 Å². The molecule has 10 heteroatoms. The highest BCUT2D eigenvalue weighted by Crippen LogP contribution is 2.15. The van der Waals surface area contributed by atoms with E-state index in [2.05, 4.69) is 18.7 Å². The molecule has 1 unspecified atom stereocenters. The molecule has 2 amide bonds. The lowest BCUT2D eigenvalue weighted by atomic mass is 10.1. The van der Waals surface area contributed by atoms with Gasteiger partial charge in [0.2, 0.25) is 5.91 Å². The summed E-state index contributed by atoms with van der Waals surface area (Å²) in [6.45, 7) is 10.9. The number of carbonyl (C=O) groups is 2. The van der Waals surface area contributed by atoms with Gasteiger partial charge >= 0.3 is 6.09 Å². The molecule has 1 aromatic rings. The molecule has 8 nitrogen and oxygen atoms in total. The molecular formula is C26H44ClN3O5S. The third kappa shape index (κ3) is 10.6. The number of sulfone groups is 1. The van der Waals surface area contributed by atoms with Crippen molar-refractivity contribution in [2.75, 3.05) is 52.1 Å². The van der Waals surface area contributed by atoms with E-state index in [1.54, 1.807) is 17.0 Å². The highest BCUT2D eigenvalue weighted by molar-refractivity contribution is 7.90. The van der Waals surface area contributed by atoms with Gasteiger partial charge in [0, 0.05) is 44.9 Å². The Balaban J connectivity index is 0.00000648. The van der Waals surface area contributed by atoms with Crippen molar-refractivity contribution >= 4 is 34.2 Å². The van der Waals surface area contributed by atoms with Crippen molar-refractivity contribution in [2.24, 2.45) is 0 Å². The molecule has 1 saturated heterocycles. The molecule has 1 heterocycles. The molecule has 0 bridgehead atoms. The fourth-order valence-corrected chi connectivity index (χ4v) is 5.00. The normalized spacial score (nSPS) is 15.4. The minimum Gasteiger partial charge on any atom is -0.449 e. The van der Waals surface area contributed by atoms with Crippen molar-refractivity contribution in [3.05, 3.63) is 29.8 Å². The average molecular weight is 546 g/mol. The summed E-state index contributed by atoms with van der Waals surface area (Å²) < 4.78 is 28.6. The van der Waals surface area contributed by atoms with Gasteiger partial charge in [0.1, 0.15) is 0 Å². The number of nitrogens with zero attached hydrogens (tertiary/aromatic N) is 3. The van der Waals surface area contributed by atoms with Crippen LogP contribution in [0.5, 0.6) is 0 Å². The molecule has 1 fully saturated rings. The lowest BCUT2D eigenvalue weighted by Gasteiger charge is -2.29. The Morgan fingerprint density at radius 3 is 2.36 bits per heavy atom. The zero-order valence-electron chi connectivity index (χ0n) is 22.3. The van der Waals surface area contributed by atoms with Crippen LogP contribution in [0.3, 0.4) is 0 Å². The highest BCUT2D eigenvalue weighted by atomic mass is 35.5. The topological polar surface area (TPSA) is 87.2 Å². The van der Waals surface area contributed by atoms with Crippen LogP contribution in [0.25, 0.3) is 0 Å². The zero-order valence-corrected chi connectivity index (χ0v) is 23.9. The number of hydrogen-bond donors (Lipinski definition) is 0. The molecule has 206 valence electrons. The largest absolute Gasteiger partial charge is 0.449 e. The first-order chi connectivity index (χ1) is 16.7. The van der Waals surface area contributed by atoms with E-state index in [1.165, 1.54) is 6.26 Å². The molecule has 0 aromatic heterocycles. The fourth-order valence-electron chi connectivity index (χ4n) is 4.37. The molecule has 1 atom stereocenters. The van der Waals surface area contributed by atoms with Gasteiger partial charge in [0.25, 0.3) is 0 Å². The number of ether oxygens (including phenoxy) is 1. The number of amides is 2. The third-order valence-corrected chi connectivity index (χ3v) is 7.54. The maximum Gasteiger partial charge on any atom is 0.409 e. The number of hydrogen-bond acceptors (Lipinski definition) is 6. The molecule has 0 aliphatic carbocycles. The number of benzene rings is 1.